The molecule has 2 aromatic carbocycles. The summed E-state index contributed by atoms with van der Waals surface area (Å²) in [6.45, 7) is 4.14. The minimum atomic E-state index is 0.431. The lowest BCUT2D eigenvalue weighted by Crippen LogP contribution is -2.02. The van der Waals surface area contributed by atoms with Crippen molar-refractivity contribution < 1.29 is 0 Å². The summed E-state index contributed by atoms with van der Waals surface area (Å²) >= 11 is 5.98. The van der Waals surface area contributed by atoms with Crippen molar-refractivity contribution in [2.45, 2.75) is 13.8 Å². The van der Waals surface area contributed by atoms with E-state index in [1.54, 1.807) is 6.20 Å². The van der Waals surface area contributed by atoms with Crippen molar-refractivity contribution in [3.63, 3.8) is 0 Å². The van der Waals surface area contributed by atoms with Gasteiger partial charge < -0.3 is 10.6 Å². The van der Waals surface area contributed by atoms with Crippen LogP contribution in [0.5, 0.6) is 0 Å². The molecule has 3 rings (SSSR count). The normalized spacial score (nSPS) is 10.4. The average molecular weight is 326 g/mol. The first-order valence-corrected chi connectivity index (χ1v) is 7.54. The van der Waals surface area contributed by atoms with Crippen molar-refractivity contribution in [3.8, 4) is 0 Å². The van der Waals surface area contributed by atoms with Gasteiger partial charge in [0.15, 0.2) is 5.82 Å². The second kappa shape index (κ2) is 6.62. The highest BCUT2D eigenvalue weighted by Crippen LogP contribution is 2.20. The minimum absolute atomic E-state index is 0.431. The summed E-state index contributed by atoms with van der Waals surface area (Å²) in [5, 5.41) is 14.9. The zero-order chi connectivity index (χ0) is 16.2. The summed E-state index contributed by atoms with van der Waals surface area (Å²) < 4.78 is 0. The van der Waals surface area contributed by atoms with Gasteiger partial charge in [-0.2, -0.15) is 10.1 Å². The van der Waals surface area contributed by atoms with Crippen LogP contribution >= 0.6 is 11.6 Å². The number of nitrogens with zero attached hydrogens (tertiary/aromatic N) is 3. The molecule has 23 heavy (non-hydrogen) atoms. The summed E-state index contributed by atoms with van der Waals surface area (Å²) in [7, 11) is 0. The minimum Gasteiger partial charge on any atom is -0.339 e. The fourth-order valence-electron chi connectivity index (χ4n) is 2.08. The molecule has 116 valence electrons. The number of hydrogen-bond acceptors (Lipinski definition) is 5. The molecule has 0 atom stereocenters. The van der Waals surface area contributed by atoms with Crippen LogP contribution < -0.4 is 10.6 Å². The lowest BCUT2D eigenvalue weighted by Gasteiger charge is -2.09. The van der Waals surface area contributed by atoms with Crippen LogP contribution in [0.15, 0.2) is 48.7 Å². The quantitative estimate of drug-likeness (QED) is 0.732. The van der Waals surface area contributed by atoms with E-state index in [9.17, 15) is 0 Å². The van der Waals surface area contributed by atoms with Gasteiger partial charge in [0, 0.05) is 16.4 Å². The van der Waals surface area contributed by atoms with E-state index >= 15 is 0 Å². The van der Waals surface area contributed by atoms with Crippen molar-refractivity contribution in [1.29, 1.82) is 0 Å². The predicted molar refractivity (Wildman–Crippen MR) is 93.8 cm³/mol. The Morgan fingerprint density at radius 1 is 0.913 bits per heavy atom. The Kier molecular flexibility index (Phi) is 4.39. The van der Waals surface area contributed by atoms with E-state index in [0.717, 1.165) is 11.4 Å². The van der Waals surface area contributed by atoms with Crippen LogP contribution in [0.1, 0.15) is 11.1 Å². The highest BCUT2D eigenvalue weighted by Gasteiger charge is 2.03. The molecular formula is C17H16ClN5. The second-order valence-electron chi connectivity index (χ2n) is 5.22. The molecule has 0 aliphatic rings. The van der Waals surface area contributed by atoms with Crippen LogP contribution in [-0.2, 0) is 0 Å². The highest BCUT2D eigenvalue weighted by atomic mass is 35.5. The Bertz CT molecular complexity index is 835. The first kappa shape index (κ1) is 15.2. The molecule has 0 radical (unpaired) electrons. The van der Waals surface area contributed by atoms with E-state index in [-0.39, 0.29) is 0 Å². The lowest BCUT2D eigenvalue weighted by atomic mass is 10.1. The third-order valence-corrected chi connectivity index (χ3v) is 3.65. The molecule has 1 heterocycles. The van der Waals surface area contributed by atoms with Crippen molar-refractivity contribution in [3.05, 3.63) is 64.8 Å². The van der Waals surface area contributed by atoms with E-state index in [1.807, 2.05) is 30.3 Å². The maximum atomic E-state index is 5.98. The number of aromatic nitrogens is 3. The van der Waals surface area contributed by atoms with Gasteiger partial charge in [0.25, 0.3) is 0 Å². The molecule has 0 unspecified atom stereocenters. The molecular weight excluding hydrogens is 310 g/mol. The first-order valence-electron chi connectivity index (χ1n) is 7.17. The Morgan fingerprint density at radius 2 is 1.74 bits per heavy atom. The van der Waals surface area contributed by atoms with Gasteiger partial charge in [0.1, 0.15) is 0 Å². The summed E-state index contributed by atoms with van der Waals surface area (Å²) in [4.78, 5) is 4.41. The van der Waals surface area contributed by atoms with Gasteiger partial charge in [-0.15, -0.1) is 5.10 Å². The molecule has 0 amide bonds. The molecule has 0 aliphatic carbocycles. The Morgan fingerprint density at radius 3 is 2.52 bits per heavy atom. The van der Waals surface area contributed by atoms with Crippen LogP contribution in [0.3, 0.4) is 0 Å². The van der Waals surface area contributed by atoms with E-state index < -0.39 is 0 Å². The Balaban J connectivity index is 1.78. The van der Waals surface area contributed by atoms with Gasteiger partial charge >= 0.3 is 0 Å². The molecule has 0 bridgehead atoms. The third-order valence-electron chi connectivity index (χ3n) is 3.42. The molecule has 0 saturated heterocycles. The number of benzene rings is 2. The smallest absolute Gasteiger partial charge is 0.249 e. The van der Waals surface area contributed by atoms with Crippen LogP contribution in [0.2, 0.25) is 5.02 Å². The first-order chi connectivity index (χ1) is 11.1. The van der Waals surface area contributed by atoms with E-state index in [0.29, 0.717) is 16.8 Å². The average Bonchev–Trinajstić information content (AvgIpc) is 2.51. The largest absolute Gasteiger partial charge is 0.339 e. The van der Waals surface area contributed by atoms with E-state index in [4.69, 9.17) is 11.6 Å². The number of anilines is 4. The van der Waals surface area contributed by atoms with Gasteiger partial charge in [0.05, 0.1) is 6.20 Å². The topological polar surface area (TPSA) is 62.7 Å². The molecule has 6 heteroatoms. The fraction of sp³-hybridized carbons (Fsp3) is 0.118. The van der Waals surface area contributed by atoms with Crippen molar-refractivity contribution in [2.24, 2.45) is 0 Å². The molecule has 3 aromatic rings. The lowest BCUT2D eigenvalue weighted by molar-refractivity contribution is 0.982. The predicted octanol–water partition coefficient (Wildman–Crippen LogP) is 4.63. The maximum absolute atomic E-state index is 5.98. The van der Waals surface area contributed by atoms with Gasteiger partial charge in [-0.3, -0.25) is 0 Å². The standard InChI is InChI=1S/C17H16ClN5/c1-11-6-7-15(8-12(11)2)21-17-22-16(10-19-23-17)20-14-5-3-4-13(18)9-14/h3-10H,1-2H3,(H2,20,21,22,23). The molecule has 2 N–H and O–H groups in total. The second-order valence-corrected chi connectivity index (χ2v) is 5.66. The Hall–Kier alpha value is -2.66. The van der Waals surface area contributed by atoms with Crippen LogP contribution in [-0.4, -0.2) is 15.2 Å². The molecule has 0 fully saturated rings. The number of aryl methyl sites for hydroxylation is 2. The zero-order valence-electron chi connectivity index (χ0n) is 12.8. The summed E-state index contributed by atoms with van der Waals surface area (Å²) in [5.41, 5.74) is 4.21. The number of hydrogen-bond donors (Lipinski definition) is 2. The number of rotatable bonds is 4. The van der Waals surface area contributed by atoms with Crippen molar-refractivity contribution >= 4 is 34.7 Å². The van der Waals surface area contributed by atoms with Gasteiger partial charge in [-0.05, 0) is 55.3 Å². The van der Waals surface area contributed by atoms with Crippen LogP contribution in [0.4, 0.5) is 23.1 Å². The van der Waals surface area contributed by atoms with Crippen molar-refractivity contribution in [1.82, 2.24) is 15.2 Å². The van der Waals surface area contributed by atoms with Gasteiger partial charge in [-0.25, -0.2) is 0 Å². The van der Waals surface area contributed by atoms with Gasteiger partial charge in [-0.1, -0.05) is 23.7 Å². The van der Waals surface area contributed by atoms with E-state index in [1.165, 1.54) is 11.1 Å². The Labute approximate surface area is 139 Å². The van der Waals surface area contributed by atoms with Crippen LogP contribution in [0, 0.1) is 13.8 Å². The number of halogens is 1. The SMILES string of the molecule is Cc1ccc(Nc2nncc(Nc3cccc(Cl)c3)n2)cc1C. The molecule has 0 aliphatic heterocycles. The molecule has 1 aromatic heterocycles. The highest BCUT2D eigenvalue weighted by molar-refractivity contribution is 6.30. The van der Waals surface area contributed by atoms with E-state index in [2.05, 4.69) is 51.8 Å². The zero-order valence-corrected chi connectivity index (χ0v) is 13.6. The maximum Gasteiger partial charge on any atom is 0.249 e. The van der Waals surface area contributed by atoms with Crippen molar-refractivity contribution in [2.75, 3.05) is 10.6 Å². The molecule has 5 nitrogen and oxygen atoms in total. The summed E-state index contributed by atoms with van der Waals surface area (Å²) in [5.74, 6) is 1.02. The van der Waals surface area contributed by atoms with Crippen LogP contribution in [0.25, 0.3) is 0 Å². The summed E-state index contributed by atoms with van der Waals surface area (Å²) in [6, 6.07) is 13.5. The third kappa shape index (κ3) is 3.96. The number of nitrogens with one attached hydrogen (secondary N) is 2. The fourth-order valence-corrected chi connectivity index (χ4v) is 2.27. The molecule has 0 saturated carbocycles. The molecule has 0 spiro atoms. The monoisotopic (exact) mass is 325 g/mol. The van der Waals surface area contributed by atoms with Gasteiger partial charge in [0.2, 0.25) is 5.95 Å². The summed E-state index contributed by atoms with van der Waals surface area (Å²) in [6.07, 6.45) is 1.56.